The lowest BCUT2D eigenvalue weighted by molar-refractivity contribution is -0.117. The fourth-order valence-corrected chi connectivity index (χ4v) is 4.26. The molecule has 22 heavy (non-hydrogen) atoms. The van der Waals surface area contributed by atoms with Crippen molar-refractivity contribution in [2.45, 2.75) is 6.92 Å². The first-order chi connectivity index (χ1) is 10.3. The number of nitrogens with one attached hydrogen (secondary N) is 1. The van der Waals surface area contributed by atoms with E-state index in [-0.39, 0.29) is 5.56 Å². The number of rotatable bonds is 2. The zero-order valence-electron chi connectivity index (χ0n) is 11.3. The average Bonchev–Trinajstić information content (AvgIpc) is 2.93. The van der Waals surface area contributed by atoms with Crippen molar-refractivity contribution in [3.05, 3.63) is 35.0 Å². The first-order valence-corrected chi connectivity index (χ1v) is 8.47. The predicted octanol–water partition coefficient (Wildman–Crippen LogP) is 1.75. The Labute approximate surface area is 130 Å². The summed E-state index contributed by atoms with van der Waals surface area (Å²) in [6.45, 7) is 1.29. The van der Waals surface area contributed by atoms with E-state index in [9.17, 15) is 22.7 Å². The normalized spacial score (nSPS) is 16.8. The lowest BCUT2D eigenvalue weighted by atomic mass is 10.1. The Morgan fingerprint density at radius 3 is 2.59 bits per heavy atom. The van der Waals surface area contributed by atoms with Gasteiger partial charge in [0.1, 0.15) is 18.0 Å². The van der Waals surface area contributed by atoms with E-state index in [1.54, 1.807) is 10.8 Å². The van der Waals surface area contributed by atoms with Crippen LogP contribution in [0, 0.1) is 12.7 Å². The van der Waals surface area contributed by atoms with Crippen LogP contribution in [0.3, 0.4) is 0 Å². The molecule has 0 unspecified atom stereocenters. The van der Waals surface area contributed by atoms with Gasteiger partial charge in [0.25, 0.3) is 5.91 Å². The number of aromatic hydroxyl groups is 1. The van der Waals surface area contributed by atoms with Crippen LogP contribution in [-0.2, 0) is 15.0 Å². The summed E-state index contributed by atoms with van der Waals surface area (Å²) in [6, 6.07) is 6.10. The van der Waals surface area contributed by atoms with E-state index in [1.165, 1.54) is 23.5 Å². The van der Waals surface area contributed by atoms with Gasteiger partial charge >= 0.3 is 10.2 Å². The summed E-state index contributed by atoms with van der Waals surface area (Å²) in [5.74, 6) is -2.22. The van der Waals surface area contributed by atoms with Crippen molar-refractivity contribution in [1.29, 1.82) is 0 Å². The molecule has 1 aromatic heterocycles. The molecule has 6 nitrogen and oxygen atoms in total. The van der Waals surface area contributed by atoms with Crippen LogP contribution in [0.15, 0.2) is 24.3 Å². The number of carbonyl (C=O) groups is 1. The summed E-state index contributed by atoms with van der Waals surface area (Å²) < 4.78 is 40.7. The molecule has 0 spiro atoms. The molecule has 2 N–H and O–H groups in total. The standard InChI is InChI=1S/C13H11FN2O4S2/c1-7-2-5-10(21-7)8-3-4-9(17)13(12(8)14)16-6-11(18)15-22(16,19)20/h2-5,17H,6H2,1H3,(H,15,18). The van der Waals surface area contributed by atoms with Gasteiger partial charge < -0.3 is 5.11 Å². The number of halogens is 1. The smallest absolute Gasteiger partial charge is 0.326 e. The highest BCUT2D eigenvalue weighted by molar-refractivity contribution is 7.92. The summed E-state index contributed by atoms with van der Waals surface area (Å²) in [4.78, 5) is 12.9. The molecular formula is C13H11FN2O4S2. The van der Waals surface area contributed by atoms with Crippen molar-refractivity contribution < 1.29 is 22.7 Å². The third-order valence-electron chi connectivity index (χ3n) is 3.17. The number of phenols is 1. The van der Waals surface area contributed by atoms with Crippen LogP contribution in [0.25, 0.3) is 10.4 Å². The van der Waals surface area contributed by atoms with E-state index in [4.69, 9.17) is 0 Å². The van der Waals surface area contributed by atoms with Gasteiger partial charge in [-0.25, -0.2) is 13.4 Å². The highest BCUT2D eigenvalue weighted by Gasteiger charge is 2.38. The molecule has 1 aromatic carbocycles. The monoisotopic (exact) mass is 342 g/mol. The predicted molar refractivity (Wildman–Crippen MR) is 80.5 cm³/mol. The summed E-state index contributed by atoms with van der Waals surface area (Å²) in [7, 11) is -4.19. The second-order valence-corrected chi connectivity index (χ2v) is 7.62. The van der Waals surface area contributed by atoms with E-state index in [2.05, 4.69) is 0 Å². The van der Waals surface area contributed by atoms with Crippen LogP contribution < -0.4 is 9.03 Å². The number of phenolic OH excluding ortho intramolecular Hbond substituents is 1. The topological polar surface area (TPSA) is 86.7 Å². The van der Waals surface area contributed by atoms with Crippen molar-refractivity contribution in [3.8, 4) is 16.2 Å². The van der Waals surface area contributed by atoms with Gasteiger partial charge in [0.15, 0.2) is 5.82 Å². The minimum absolute atomic E-state index is 0.167. The maximum Gasteiger partial charge on any atom is 0.326 e. The number of amides is 1. The van der Waals surface area contributed by atoms with Crippen LogP contribution in [0.4, 0.5) is 10.1 Å². The van der Waals surface area contributed by atoms with Crippen LogP contribution in [-0.4, -0.2) is 26.0 Å². The Bertz CT molecular complexity index is 876. The largest absolute Gasteiger partial charge is 0.506 e. The van der Waals surface area contributed by atoms with Gasteiger partial charge in [-0.2, -0.15) is 8.42 Å². The Morgan fingerprint density at radius 2 is 2.05 bits per heavy atom. The van der Waals surface area contributed by atoms with E-state index in [0.29, 0.717) is 9.18 Å². The van der Waals surface area contributed by atoms with Gasteiger partial charge in [-0.1, -0.05) is 0 Å². The minimum Gasteiger partial charge on any atom is -0.506 e. The van der Waals surface area contributed by atoms with Crippen LogP contribution in [0.5, 0.6) is 5.75 Å². The van der Waals surface area contributed by atoms with Gasteiger partial charge in [-0.15, -0.1) is 11.3 Å². The summed E-state index contributed by atoms with van der Waals surface area (Å²) >= 11 is 1.34. The number of aryl methyl sites for hydroxylation is 1. The lowest BCUT2D eigenvalue weighted by Crippen LogP contribution is -2.30. The molecule has 1 fully saturated rings. The van der Waals surface area contributed by atoms with Gasteiger partial charge in [0, 0.05) is 15.3 Å². The maximum absolute atomic E-state index is 14.8. The van der Waals surface area contributed by atoms with E-state index >= 15 is 0 Å². The number of hydrogen-bond acceptors (Lipinski definition) is 5. The van der Waals surface area contributed by atoms with Gasteiger partial charge in [-0.05, 0) is 31.2 Å². The summed E-state index contributed by atoms with van der Waals surface area (Å²) in [5.41, 5.74) is -0.359. The maximum atomic E-state index is 14.8. The van der Waals surface area contributed by atoms with Crippen molar-refractivity contribution in [2.24, 2.45) is 0 Å². The number of carbonyl (C=O) groups excluding carboxylic acids is 1. The van der Waals surface area contributed by atoms with Crippen molar-refractivity contribution in [1.82, 2.24) is 4.72 Å². The third kappa shape index (κ3) is 2.32. The summed E-state index contributed by atoms with van der Waals surface area (Å²) in [6.07, 6.45) is 0. The summed E-state index contributed by atoms with van der Waals surface area (Å²) in [5, 5.41) is 9.87. The van der Waals surface area contributed by atoms with E-state index in [1.807, 2.05) is 13.0 Å². The molecule has 1 amide bonds. The van der Waals surface area contributed by atoms with Crippen LogP contribution in [0.1, 0.15) is 4.88 Å². The first kappa shape index (κ1) is 14.8. The third-order valence-corrected chi connectivity index (χ3v) is 5.58. The minimum atomic E-state index is -4.19. The molecule has 116 valence electrons. The molecule has 0 saturated carbocycles. The molecular weight excluding hydrogens is 331 g/mol. The molecule has 9 heteroatoms. The highest BCUT2D eigenvalue weighted by atomic mass is 32.2. The number of anilines is 1. The quantitative estimate of drug-likeness (QED) is 0.870. The van der Waals surface area contributed by atoms with Gasteiger partial charge in [0.05, 0.1) is 0 Å². The van der Waals surface area contributed by atoms with Crippen molar-refractivity contribution >= 4 is 33.1 Å². The average molecular weight is 342 g/mol. The second kappa shape index (κ2) is 4.96. The molecule has 0 radical (unpaired) electrons. The zero-order chi connectivity index (χ0) is 16.1. The molecule has 2 heterocycles. The Balaban J connectivity index is 2.19. The molecule has 2 aromatic rings. The first-order valence-electron chi connectivity index (χ1n) is 6.21. The number of thiophene rings is 1. The Morgan fingerprint density at radius 1 is 1.32 bits per heavy atom. The number of benzene rings is 1. The molecule has 1 saturated heterocycles. The molecule has 0 bridgehead atoms. The Hall–Kier alpha value is -2.13. The van der Waals surface area contributed by atoms with Gasteiger partial charge in [0.2, 0.25) is 0 Å². The van der Waals surface area contributed by atoms with Gasteiger partial charge in [-0.3, -0.25) is 4.79 Å². The molecule has 1 aliphatic rings. The second-order valence-electron chi connectivity index (χ2n) is 4.74. The Kier molecular flexibility index (Phi) is 3.33. The lowest BCUT2D eigenvalue weighted by Gasteiger charge is -2.18. The SMILES string of the molecule is Cc1ccc(-c2ccc(O)c(N3CC(=O)NS3(=O)=O)c2F)s1. The fourth-order valence-electron chi connectivity index (χ4n) is 2.21. The highest BCUT2D eigenvalue weighted by Crippen LogP contribution is 2.40. The number of nitrogens with zero attached hydrogens (tertiary/aromatic N) is 1. The van der Waals surface area contributed by atoms with Crippen molar-refractivity contribution in [2.75, 3.05) is 10.8 Å². The zero-order valence-corrected chi connectivity index (χ0v) is 13.0. The van der Waals surface area contributed by atoms with E-state index < -0.39 is 39.9 Å². The molecule has 0 aliphatic carbocycles. The fraction of sp³-hybridized carbons (Fsp3) is 0.154. The van der Waals surface area contributed by atoms with Crippen molar-refractivity contribution in [3.63, 3.8) is 0 Å². The molecule has 0 atom stereocenters. The van der Waals surface area contributed by atoms with Crippen LogP contribution >= 0.6 is 11.3 Å². The molecule has 3 rings (SSSR count). The molecule has 1 aliphatic heterocycles. The van der Waals surface area contributed by atoms with E-state index in [0.717, 1.165) is 4.88 Å². The number of hydrogen-bond donors (Lipinski definition) is 2. The van der Waals surface area contributed by atoms with Crippen LogP contribution in [0.2, 0.25) is 0 Å².